The van der Waals surface area contributed by atoms with E-state index < -0.39 is 0 Å². The summed E-state index contributed by atoms with van der Waals surface area (Å²) in [5.74, 6) is 1.74. The van der Waals surface area contributed by atoms with Crippen molar-refractivity contribution >= 4 is 0 Å². The van der Waals surface area contributed by atoms with Gasteiger partial charge in [-0.1, -0.05) is 12.8 Å². The third-order valence-electron chi connectivity index (χ3n) is 3.38. The van der Waals surface area contributed by atoms with E-state index in [1.54, 1.807) is 0 Å². The summed E-state index contributed by atoms with van der Waals surface area (Å²) in [5, 5.41) is 0. The van der Waals surface area contributed by atoms with Gasteiger partial charge < -0.3 is 0 Å². The van der Waals surface area contributed by atoms with Gasteiger partial charge in [0.2, 0.25) is 0 Å². The first-order valence-electron chi connectivity index (χ1n) is 4.77. The van der Waals surface area contributed by atoms with E-state index in [-0.39, 0.29) is 0 Å². The van der Waals surface area contributed by atoms with Crippen molar-refractivity contribution in [3.8, 4) is 0 Å². The van der Waals surface area contributed by atoms with E-state index in [0.717, 1.165) is 11.8 Å². The van der Waals surface area contributed by atoms with Crippen molar-refractivity contribution < 1.29 is 9.78 Å². The average Bonchev–Trinajstić information content (AvgIpc) is 2.66. The molecule has 0 aromatic rings. The molecule has 2 saturated heterocycles. The van der Waals surface area contributed by atoms with Gasteiger partial charge in [-0.05, 0) is 31.1 Å². The van der Waals surface area contributed by atoms with Gasteiger partial charge in [0.05, 0.1) is 12.2 Å². The molecule has 2 bridgehead atoms. The number of fused-ring (bicyclic) bond motifs is 4. The summed E-state index contributed by atoms with van der Waals surface area (Å²) >= 11 is 0. The standard InChI is InChI=1S/C9H14O2/c1-2-4-9-7-5-6(7)8(3-1)10-11-9/h6-9H,1-5H2. The van der Waals surface area contributed by atoms with Crippen LogP contribution in [0.4, 0.5) is 0 Å². The smallest absolute Gasteiger partial charge is 0.0961 e. The Morgan fingerprint density at radius 3 is 1.91 bits per heavy atom. The third-order valence-corrected chi connectivity index (χ3v) is 3.38. The molecule has 2 aliphatic carbocycles. The van der Waals surface area contributed by atoms with Crippen LogP contribution in [0, 0.1) is 11.8 Å². The van der Waals surface area contributed by atoms with E-state index in [2.05, 4.69) is 0 Å². The molecule has 4 atom stereocenters. The lowest BCUT2D eigenvalue weighted by molar-refractivity contribution is -0.382. The molecule has 2 heterocycles. The minimum atomic E-state index is 0.455. The van der Waals surface area contributed by atoms with Crippen molar-refractivity contribution in [1.82, 2.24) is 0 Å². The second-order valence-corrected chi connectivity index (χ2v) is 4.12. The molecule has 11 heavy (non-hydrogen) atoms. The molecule has 4 fully saturated rings. The SMILES string of the molecule is C1CCC2OOC(C1)C1CC21. The van der Waals surface area contributed by atoms with Gasteiger partial charge >= 0.3 is 0 Å². The fraction of sp³-hybridized carbons (Fsp3) is 1.00. The molecule has 2 aliphatic heterocycles. The lowest BCUT2D eigenvalue weighted by Crippen LogP contribution is -2.32. The zero-order valence-corrected chi connectivity index (χ0v) is 6.66. The Morgan fingerprint density at radius 2 is 1.36 bits per heavy atom. The van der Waals surface area contributed by atoms with Gasteiger partial charge in [0.25, 0.3) is 0 Å². The molecule has 0 aromatic carbocycles. The van der Waals surface area contributed by atoms with E-state index in [4.69, 9.17) is 9.78 Å². The molecule has 2 heteroatoms. The summed E-state index contributed by atoms with van der Waals surface area (Å²) in [6.45, 7) is 0. The van der Waals surface area contributed by atoms with Crippen LogP contribution in [0.3, 0.4) is 0 Å². The Hall–Kier alpha value is -0.0800. The summed E-state index contributed by atoms with van der Waals surface area (Å²) in [6, 6.07) is 0. The van der Waals surface area contributed by atoms with Crippen molar-refractivity contribution in [3.05, 3.63) is 0 Å². The summed E-state index contributed by atoms with van der Waals surface area (Å²) < 4.78 is 0. The lowest BCUT2D eigenvalue weighted by atomic mass is 9.96. The Labute approximate surface area is 66.8 Å². The predicted octanol–water partition coefficient (Wildman–Crippen LogP) is 1.90. The first-order valence-corrected chi connectivity index (χ1v) is 4.77. The summed E-state index contributed by atoms with van der Waals surface area (Å²) in [5.41, 5.74) is 0. The highest BCUT2D eigenvalue weighted by Gasteiger charge is 2.53. The highest BCUT2D eigenvalue weighted by atomic mass is 17.2. The quantitative estimate of drug-likeness (QED) is 0.496. The van der Waals surface area contributed by atoms with E-state index in [9.17, 15) is 0 Å². The monoisotopic (exact) mass is 154 g/mol. The first kappa shape index (κ1) is 6.44. The van der Waals surface area contributed by atoms with E-state index in [1.165, 1.54) is 32.1 Å². The molecule has 2 saturated carbocycles. The van der Waals surface area contributed by atoms with Gasteiger partial charge in [0.1, 0.15) is 0 Å². The highest BCUT2D eigenvalue weighted by Crippen LogP contribution is 2.52. The van der Waals surface area contributed by atoms with Gasteiger partial charge in [-0.3, -0.25) is 0 Å². The van der Waals surface area contributed by atoms with Crippen LogP contribution in [-0.4, -0.2) is 12.2 Å². The minimum Gasteiger partial charge on any atom is -0.233 e. The molecule has 0 N–H and O–H groups in total. The van der Waals surface area contributed by atoms with Crippen LogP contribution in [0.2, 0.25) is 0 Å². The fourth-order valence-corrected chi connectivity index (χ4v) is 2.59. The van der Waals surface area contributed by atoms with Gasteiger partial charge in [-0.15, -0.1) is 0 Å². The number of rotatable bonds is 0. The third kappa shape index (κ3) is 0.926. The van der Waals surface area contributed by atoms with Crippen LogP contribution < -0.4 is 0 Å². The number of hydrogen-bond donors (Lipinski definition) is 0. The Balaban J connectivity index is 1.81. The predicted molar refractivity (Wildman–Crippen MR) is 39.8 cm³/mol. The molecular weight excluding hydrogens is 140 g/mol. The molecule has 4 unspecified atom stereocenters. The Morgan fingerprint density at radius 1 is 0.818 bits per heavy atom. The Kier molecular flexibility index (Phi) is 1.29. The van der Waals surface area contributed by atoms with Gasteiger partial charge in [0.15, 0.2) is 0 Å². The van der Waals surface area contributed by atoms with Crippen LogP contribution in [0.1, 0.15) is 32.1 Å². The van der Waals surface area contributed by atoms with Crippen molar-refractivity contribution in [3.63, 3.8) is 0 Å². The highest BCUT2D eigenvalue weighted by molar-refractivity contribution is 4.99. The summed E-state index contributed by atoms with van der Waals surface area (Å²) in [7, 11) is 0. The molecule has 0 amide bonds. The molecule has 0 aromatic heterocycles. The van der Waals surface area contributed by atoms with Crippen molar-refractivity contribution in [2.24, 2.45) is 11.8 Å². The zero-order chi connectivity index (χ0) is 7.26. The molecule has 4 aliphatic rings. The fourth-order valence-electron chi connectivity index (χ4n) is 2.59. The van der Waals surface area contributed by atoms with E-state index >= 15 is 0 Å². The molecule has 0 spiro atoms. The number of hydrogen-bond acceptors (Lipinski definition) is 2. The molecule has 62 valence electrons. The maximum Gasteiger partial charge on any atom is 0.0961 e. The van der Waals surface area contributed by atoms with Gasteiger partial charge in [0, 0.05) is 0 Å². The topological polar surface area (TPSA) is 18.5 Å². The second kappa shape index (κ2) is 2.20. The van der Waals surface area contributed by atoms with Crippen molar-refractivity contribution in [2.75, 3.05) is 0 Å². The van der Waals surface area contributed by atoms with E-state index in [1.807, 2.05) is 0 Å². The molecule has 4 rings (SSSR count). The normalized spacial score (nSPS) is 54.5. The zero-order valence-electron chi connectivity index (χ0n) is 6.66. The van der Waals surface area contributed by atoms with Crippen LogP contribution in [0.25, 0.3) is 0 Å². The molecule has 0 radical (unpaired) electrons. The van der Waals surface area contributed by atoms with Gasteiger partial charge in [-0.25, -0.2) is 9.78 Å². The lowest BCUT2D eigenvalue weighted by Gasteiger charge is -2.30. The van der Waals surface area contributed by atoms with Gasteiger partial charge in [-0.2, -0.15) is 0 Å². The maximum atomic E-state index is 5.34. The van der Waals surface area contributed by atoms with Crippen LogP contribution in [0.15, 0.2) is 0 Å². The molecular formula is C9H14O2. The minimum absolute atomic E-state index is 0.455. The summed E-state index contributed by atoms with van der Waals surface area (Å²) in [4.78, 5) is 10.7. The largest absolute Gasteiger partial charge is 0.233 e. The maximum absolute atomic E-state index is 5.34. The van der Waals surface area contributed by atoms with Crippen LogP contribution >= 0.6 is 0 Å². The Bertz CT molecular complexity index is 147. The van der Waals surface area contributed by atoms with Crippen molar-refractivity contribution in [1.29, 1.82) is 0 Å². The summed E-state index contributed by atoms with van der Waals surface area (Å²) in [6.07, 6.45) is 7.42. The van der Waals surface area contributed by atoms with Crippen LogP contribution in [-0.2, 0) is 9.78 Å². The average molecular weight is 154 g/mol. The van der Waals surface area contributed by atoms with Crippen molar-refractivity contribution in [2.45, 2.75) is 44.3 Å². The second-order valence-electron chi connectivity index (χ2n) is 4.12. The van der Waals surface area contributed by atoms with E-state index in [0.29, 0.717) is 12.2 Å². The van der Waals surface area contributed by atoms with Crippen LogP contribution in [0.5, 0.6) is 0 Å². The first-order chi connectivity index (χ1) is 5.45. The molecule has 2 nitrogen and oxygen atoms in total.